The number of nitrogens with one attached hydrogen (secondary N) is 1. The summed E-state index contributed by atoms with van der Waals surface area (Å²) in [6.45, 7) is -1.16. The summed E-state index contributed by atoms with van der Waals surface area (Å²) in [5, 5.41) is 13.8. The van der Waals surface area contributed by atoms with Gasteiger partial charge in [0.15, 0.2) is 0 Å². The van der Waals surface area contributed by atoms with E-state index in [-0.39, 0.29) is 23.5 Å². The molecule has 0 bridgehead atoms. The first-order chi connectivity index (χ1) is 13.4. The van der Waals surface area contributed by atoms with Gasteiger partial charge >= 0.3 is 6.61 Å². The van der Waals surface area contributed by atoms with Crippen molar-refractivity contribution in [2.75, 3.05) is 18.0 Å². The molecule has 148 valence electrons. The molecule has 1 saturated heterocycles. The minimum Gasteiger partial charge on any atom is -0.435 e. The highest BCUT2D eigenvalue weighted by Crippen LogP contribution is 2.28. The minimum absolute atomic E-state index is 0.0279. The van der Waals surface area contributed by atoms with Crippen molar-refractivity contribution in [2.45, 2.75) is 26.0 Å². The van der Waals surface area contributed by atoms with Gasteiger partial charge in [0.05, 0.1) is 16.2 Å². The van der Waals surface area contributed by atoms with Crippen molar-refractivity contribution in [1.29, 1.82) is 0 Å². The number of hydrogen-bond acceptors (Lipinski definition) is 5. The van der Waals surface area contributed by atoms with E-state index in [1.165, 1.54) is 24.3 Å². The molecule has 1 aliphatic rings. The molecule has 0 saturated carbocycles. The Bertz CT molecular complexity index is 853. The first kappa shape index (κ1) is 19.5. The Morgan fingerprint density at radius 3 is 2.46 bits per heavy atom. The molecule has 0 aromatic heterocycles. The van der Waals surface area contributed by atoms with Crippen LogP contribution < -0.4 is 15.0 Å². The Morgan fingerprint density at radius 1 is 1.18 bits per heavy atom. The van der Waals surface area contributed by atoms with Crippen molar-refractivity contribution in [2.24, 2.45) is 0 Å². The number of hydrogen-bond donors (Lipinski definition) is 1. The third-order valence-electron chi connectivity index (χ3n) is 4.48. The van der Waals surface area contributed by atoms with Gasteiger partial charge in [0.2, 0.25) is 0 Å². The lowest BCUT2D eigenvalue weighted by atomic mass is 10.1. The van der Waals surface area contributed by atoms with Crippen LogP contribution in [0.4, 0.5) is 20.2 Å². The summed E-state index contributed by atoms with van der Waals surface area (Å²) < 4.78 is 28.7. The zero-order valence-electron chi connectivity index (χ0n) is 14.9. The maximum atomic E-state index is 12.7. The highest BCUT2D eigenvalue weighted by Gasteiger charge is 2.22. The van der Waals surface area contributed by atoms with Crippen LogP contribution in [-0.2, 0) is 6.54 Å². The number of nitrogens with zero attached hydrogens (tertiary/aromatic N) is 2. The van der Waals surface area contributed by atoms with E-state index in [0.717, 1.165) is 25.9 Å². The quantitative estimate of drug-likeness (QED) is 0.574. The van der Waals surface area contributed by atoms with Crippen LogP contribution in [0.1, 0.15) is 28.8 Å². The summed E-state index contributed by atoms with van der Waals surface area (Å²) in [6.07, 6.45) is 2.01. The number of halogens is 2. The third-order valence-corrected chi connectivity index (χ3v) is 4.48. The normalized spacial score (nSPS) is 13.6. The number of carbonyl (C=O) groups is 1. The molecular weight excluding hydrogens is 372 g/mol. The molecule has 1 heterocycles. The first-order valence-corrected chi connectivity index (χ1v) is 8.79. The summed E-state index contributed by atoms with van der Waals surface area (Å²) in [5.74, 6) is -0.404. The van der Waals surface area contributed by atoms with Gasteiger partial charge in [0, 0.05) is 31.8 Å². The number of nitro benzene ring substituents is 1. The third kappa shape index (κ3) is 4.73. The zero-order valence-corrected chi connectivity index (χ0v) is 14.9. The molecule has 7 nitrogen and oxygen atoms in total. The smallest absolute Gasteiger partial charge is 0.387 e. The first-order valence-electron chi connectivity index (χ1n) is 8.79. The molecule has 0 unspecified atom stereocenters. The largest absolute Gasteiger partial charge is 0.435 e. The molecule has 9 heteroatoms. The van der Waals surface area contributed by atoms with Crippen molar-refractivity contribution >= 4 is 17.3 Å². The average molecular weight is 391 g/mol. The van der Waals surface area contributed by atoms with Crippen LogP contribution in [0.5, 0.6) is 5.75 Å². The molecule has 2 aromatic carbocycles. The van der Waals surface area contributed by atoms with Gasteiger partial charge in [-0.1, -0.05) is 12.1 Å². The topological polar surface area (TPSA) is 84.7 Å². The van der Waals surface area contributed by atoms with Crippen LogP contribution >= 0.6 is 0 Å². The maximum absolute atomic E-state index is 12.7. The zero-order chi connectivity index (χ0) is 20.1. The molecule has 28 heavy (non-hydrogen) atoms. The van der Waals surface area contributed by atoms with E-state index in [9.17, 15) is 23.7 Å². The molecular formula is C19H19F2N3O4. The van der Waals surface area contributed by atoms with E-state index >= 15 is 0 Å². The molecule has 3 rings (SSSR count). The van der Waals surface area contributed by atoms with Crippen LogP contribution in [-0.4, -0.2) is 30.5 Å². The van der Waals surface area contributed by atoms with Gasteiger partial charge < -0.3 is 15.0 Å². The summed E-state index contributed by atoms with van der Waals surface area (Å²) in [5.41, 5.74) is 1.44. The highest BCUT2D eigenvalue weighted by atomic mass is 19.3. The highest BCUT2D eigenvalue weighted by molar-refractivity contribution is 6.00. The molecule has 1 amide bonds. The lowest BCUT2D eigenvalue weighted by Crippen LogP contribution is -2.27. The van der Waals surface area contributed by atoms with Gasteiger partial charge in [-0.2, -0.15) is 8.78 Å². The van der Waals surface area contributed by atoms with Crippen molar-refractivity contribution in [1.82, 2.24) is 5.32 Å². The number of alkyl halides is 2. The number of nitro groups is 1. The van der Waals surface area contributed by atoms with Crippen LogP contribution in [0.2, 0.25) is 0 Å². The molecule has 1 fully saturated rings. The molecule has 1 aliphatic heterocycles. The number of carbonyl (C=O) groups excluding carboxylic acids is 1. The predicted molar refractivity (Wildman–Crippen MR) is 98.8 cm³/mol. The number of rotatable bonds is 7. The van der Waals surface area contributed by atoms with Crippen molar-refractivity contribution in [3.63, 3.8) is 0 Å². The van der Waals surface area contributed by atoms with Crippen molar-refractivity contribution in [3.05, 3.63) is 63.7 Å². The van der Waals surface area contributed by atoms with Crippen LogP contribution in [0, 0.1) is 10.1 Å². The lowest BCUT2D eigenvalue weighted by molar-refractivity contribution is -0.384. The van der Waals surface area contributed by atoms with E-state index < -0.39 is 17.4 Å². The second-order valence-corrected chi connectivity index (χ2v) is 6.36. The molecule has 0 aliphatic carbocycles. The number of benzene rings is 2. The van der Waals surface area contributed by atoms with Gasteiger partial charge in [-0.3, -0.25) is 14.9 Å². The molecule has 0 spiro atoms. The fraction of sp³-hybridized carbons (Fsp3) is 0.316. The number of ether oxygens (including phenoxy) is 1. The number of non-ortho nitro benzene ring substituents is 1. The second kappa shape index (κ2) is 8.64. The molecule has 0 atom stereocenters. The van der Waals surface area contributed by atoms with Gasteiger partial charge in [0.25, 0.3) is 11.6 Å². The van der Waals surface area contributed by atoms with Crippen LogP contribution in [0.3, 0.4) is 0 Å². The lowest BCUT2D eigenvalue weighted by Gasteiger charge is -2.21. The van der Waals surface area contributed by atoms with Gasteiger partial charge in [0.1, 0.15) is 5.75 Å². The van der Waals surface area contributed by atoms with Crippen LogP contribution in [0.15, 0.2) is 42.5 Å². The van der Waals surface area contributed by atoms with Crippen molar-refractivity contribution < 1.29 is 23.2 Å². The van der Waals surface area contributed by atoms with Gasteiger partial charge in [-0.25, -0.2) is 0 Å². The van der Waals surface area contributed by atoms with E-state index in [1.807, 2.05) is 4.90 Å². The molecule has 0 radical (unpaired) electrons. The Morgan fingerprint density at radius 2 is 1.86 bits per heavy atom. The molecule has 2 aromatic rings. The van der Waals surface area contributed by atoms with Crippen LogP contribution in [0.25, 0.3) is 0 Å². The summed E-state index contributed by atoms with van der Waals surface area (Å²) in [4.78, 5) is 25.3. The Hall–Kier alpha value is -3.23. The summed E-state index contributed by atoms with van der Waals surface area (Å²) >= 11 is 0. The average Bonchev–Trinajstić information content (AvgIpc) is 3.21. The van der Waals surface area contributed by atoms with Crippen molar-refractivity contribution in [3.8, 4) is 5.75 Å². The number of anilines is 1. The summed E-state index contributed by atoms with van der Waals surface area (Å²) in [7, 11) is 0. The Labute approximate surface area is 160 Å². The fourth-order valence-corrected chi connectivity index (χ4v) is 3.12. The number of amides is 1. The van der Waals surface area contributed by atoms with E-state index in [2.05, 4.69) is 10.1 Å². The maximum Gasteiger partial charge on any atom is 0.387 e. The SMILES string of the molecule is O=C(NCc1ccc(OC(F)F)cc1)c1cc([N+](=O)[O-])ccc1N1CCCC1. The standard InChI is InChI=1S/C19H19F2N3O4/c20-19(21)28-15-6-3-13(4-7-15)12-22-18(25)16-11-14(24(26)27)5-8-17(16)23-9-1-2-10-23/h3-8,11,19H,1-2,9-10,12H2,(H,22,25). The van der Waals surface area contributed by atoms with Gasteiger partial charge in [-0.15, -0.1) is 0 Å². The monoisotopic (exact) mass is 391 g/mol. The Kier molecular flexibility index (Phi) is 6.03. The molecule has 1 N–H and O–H groups in total. The van der Waals surface area contributed by atoms with E-state index in [0.29, 0.717) is 11.3 Å². The fourth-order valence-electron chi connectivity index (χ4n) is 3.12. The minimum atomic E-state index is -2.90. The van der Waals surface area contributed by atoms with E-state index in [4.69, 9.17) is 0 Å². The van der Waals surface area contributed by atoms with E-state index in [1.54, 1.807) is 18.2 Å². The predicted octanol–water partition coefficient (Wildman–Crippen LogP) is 3.73. The Balaban J connectivity index is 1.73. The summed E-state index contributed by atoms with van der Waals surface area (Å²) in [6, 6.07) is 10.2. The van der Waals surface area contributed by atoms with Gasteiger partial charge in [-0.05, 0) is 36.6 Å². The second-order valence-electron chi connectivity index (χ2n) is 6.36.